The van der Waals surface area contributed by atoms with Crippen LogP contribution in [0.25, 0.3) is 0 Å². The van der Waals surface area contributed by atoms with Crippen molar-refractivity contribution in [3.8, 4) is 0 Å². The van der Waals surface area contributed by atoms with E-state index in [9.17, 15) is 4.79 Å². The highest BCUT2D eigenvalue weighted by Gasteiger charge is 2.18. The maximum Gasteiger partial charge on any atom is 0.234 e. The van der Waals surface area contributed by atoms with Crippen LogP contribution in [-0.2, 0) is 17.6 Å². The molecule has 0 saturated heterocycles. The van der Waals surface area contributed by atoms with Crippen LogP contribution in [0.5, 0.6) is 0 Å². The number of hydrogen-bond acceptors (Lipinski definition) is 3. The number of rotatable bonds is 3. The molecule has 0 heterocycles. The lowest BCUT2D eigenvalue weighted by molar-refractivity contribution is -0.117. The molecular formula is C13H17N3O2. The Balaban J connectivity index is 2.08. The Bertz CT molecular complexity index is 497. The van der Waals surface area contributed by atoms with E-state index in [1.54, 1.807) is 6.92 Å². The van der Waals surface area contributed by atoms with Crippen molar-refractivity contribution in [2.24, 2.45) is 16.8 Å². The normalized spacial score (nSPS) is 16.2. The number of benzene rings is 1. The minimum atomic E-state index is -0.650. The van der Waals surface area contributed by atoms with Crippen molar-refractivity contribution < 1.29 is 10.0 Å². The number of hydrogen-bond donors (Lipinski definition) is 3. The monoisotopic (exact) mass is 247 g/mol. The second-order valence-electron chi connectivity index (χ2n) is 4.57. The molecule has 0 saturated carbocycles. The van der Waals surface area contributed by atoms with Gasteiger partial charge >= 0.3 is 0 Å². The van der Waals surface area contributed by atoms with Gasteiger partial charge < -0.3 is 16.3 Å². The molecule has 0 aliphatic heterocycles. The van der Waals surface area contributed by atoms with Crippen molar-refractivity contribution in [1.29, 1.82) is 0 Å². The molecule has 1 aliphatic rings. The zero-order chi connectivity index (χ0) is 13.1. The van der Waals surface area contributed by atoms with Gasteiger partial charge in [0.15, 0.2) is 5.84 Å². The van der Waals surface area contributed by atoms with E-state index in [1.165, 1.54) is 17.5 Å². The first-order chi connectivity index (χ1) is 8.61. The molecule has 96 valence electrons. The molecule has 1 unspecified atom stereocenters. The van der Waals surface area contributed by atoms with E-state index in [-0.39, 0.29) is 11.7 Å². The van der Waals surface area contributed by atoms with Gasteiger partial charge in [-0.3, -0.25) is 4.79 Å². The number of fused-ring (bicyclic) bond motifs is 1. The van der Waals surface area contributed by atoms with Gasteiger partial charge in [0, 0.05) is 5.69 Å². The van der Waals surface area contributed by atoms with Gasteiger partial charge in [-0.2, -0.15) is 0 Å². The summed E-state index contributed by atoms with van der Waals surface area (Å²) in [7, 11) is 0. The topological polar surface area (TPSA) is 87.7 Å². The molecule has 1 aromatic rings. The molecule has 2 rings (SSSR count). The molecule has 4 N–H and O–H groups in total. The summed E-state index contributed by atoms with van der Waals surface area (Å²) in [6.45, 7) is 1.59. The van der Waals surface area contributed by atoms with Gasteiger partial charge in [-0.1, -0.05) is 11.2 Å². The molecule has 0 bridgehead atoms. The summed E-state index contributed by atoms with van der Waals surface area (Å²) < 4.78 is 0. The Morgan fingerprint density at radius 3 is 2.89 bits per heavy atom. The number of nitrogens with one attached hydrogen (secondary N) is 1. The maximum atomic E-state index is 11.8. The van der Waals surface area contributed by atoms with Crippen molar-refractivity contribution >= 4 is 17.4 Å². The third kappa shape index (κ3) is 2.45. The summed E-state index contributed by atoms with van der Waals surface area (Å²) in [4.78, 5) is 11.8. The van der Waals surface area contributed by atoms with Gasteiger partial charge in [-0.25, -0.2) is 0 Å². The molecule has 18 heavy (non-hydrogen) atoms. The predicted octanol–water partition coefficient (Wildman–Crippen LogP) is 1.50. The molecule has 5 heteroatoms. The molecule has 1 aromatic carbocycles. The predicted molar refractivity (Wildman–Crippen MR) is 69.7 cm³/mol. The van der Waals surface area contributed by atoms with Crippen LogP contribution in [0.4, 0.5) is 5.69 Å². The van der Waals surface area contributed by atoms with Gasteiger partial charge in [0.05, 0.1) is 5.92 Å². The lowest BCUT2D eigenvalue weighted by atomic mass is 10.1. The summed E-state index contributed by atoms with van der Waals surface area (Å²) in [6.07, 6.45) is 3.35. The first kappa shape index (κ1) is 12.4. The van der Waals surface area contributed by atoms with Crippen molar-refractivity contribution in [2.45, 2.75) is 26.2 Å². The van der Waals surface area contributed by atoms with E-state index in [4.69, 9.17) is 10.9 Å². The number of carbonyl (C=O) groups excluding carboxylic acids is 1. The van der Waals surface area contributed by atoms with Crippen LogP contribution in [-0.4, -0.2) is 17.0 Å². The highest BCUT2D eigenvalue weighted by molar-refractivity contribution is 6.07. The Morgan fingerprint density at radius 2 is 2.17 bits per heavy atom. The van der Waals surface area contributed by atoms with Crippen molar-refractivity contribution in [3.05, 3.63) is 29.3 Å². The fourth-order valence-corrected chi connectivity index (χ4v) is 2.12. The molecule has 5 nitrogen and oxygen atoms in total. The summed E-state index contributed by atoms with van der Waals surface area (Å²) in [5.74, 6) is -1.01. The fourth-order valence-electron chi connectivity index (χ4n) is 2.12. The van der Waals surface area contributed by atoms with E-state index in [0.717, 1.165) is 18.5 Å². The van der Waals surface area contributed by atoms with Crippen LogP contribution >= 0.6 is 0 Å². The Hall–Kier alpha value is -2.04. The van der Waals surface area contributed by atoms with Crippen LogP contribution in [0.2, 0.25) is 0 Å². The number of nitrogens with zero attached hydrogens (tertiary/aromatic N) is 1. The van der Waals surface area contributed by atoms with Crippen LogP contribution in [0, 0.1) is 5.92 Å². The first-order valence-corrected chi connectivity index (χ1v) is 6.02. The van der Waals surface area contributed by atoms with E-state index >= 15 is 0 Å². The standard InChI is InChI=1S/C13H17N3O2/c1-8(12(14)16-18)13(17)15-11-6-5-9-3-2-4-10(9)7-11/h5-8,18H,2-4H2,1H3,(H2,14,16)(H,15,17). The fraction of sp³-hybridized carbons (Fsp3) is 0.385. The molecule has 0 spiro atoms. The summed E-state index contributed by atoms with van der Waals surface area (Å²) >= 11 is 0. The van der Waals surface area contributed by atoms with Crippen molar-refractivity contribution in [3.63, 3.8) is 0 Å². The Morgan fingerprint density at radius 1 is 1.44 bits per heavy atom. The van der Waals surface area contributed by atoms with E-state index in [2.05, 4.69) is 10.5 Å². The summed E-state index contributed by atoms with van der Waals surface area (Å²) in [5.41, 5.74) is 8.82. The summed E-state index contributed by atoms with van der Waals surface area (Å²) in [5, 5.41) is 14.1. The first-order valence-electron chi connectivity index (χ1n) is 6.02. The number of oxime groups is 1. The van der Waals surface area contributed by atoms with Gasteiger partial charge in [0.1, 0.15) is 0 Å². The molecule has 1 atom stereocenters. The minimum Gasteiger partial charge on any atom is -0.409 e. The molecule has 1 aliphatic carbocycles. The number of anilines is 1. The summed E-state index contributed by atoms with van der Waals surface area (Å²) in [6, 6.07) is 5.94. The average molecular weight is 247 g/mol. The molecule has 0 radical (unpaired) electrons. The number of amides is 1. The Kier molecular flexibility index (Phi) is 3.50. The molecule has 0 aromatic heterocycles. The molecule has 0 fully saturated rings. The third-order valence-corrected chi connectivity index (χ3v) is 3.32. The zero-order valence-electron chi connectivity index (χ0n) is 10.3. The van der Waals surface area contributed by atoms with Crippen LogP contribution in [0.3, 0.4) is 0 Å². The lowest BCUT2D eigenvalue weighted by Gasteiger charge is -2.11. The highest BCUT2D eigenvalue weighted by Crippen LogP contribution is 2.25. The number of nitrogens with two attached hydrogens (primary N) is 1. The maximum absolute atomic E-state index is 11.8. The zero-order valence-corrected chi connectivity index (χ0v) is 10.3. The SMILES string of the molecule is CC(C(=O)Nc1ccc2c(c1)CCC2)/C(N)=N/O. The second kappa shape index (κ2) is 5.08. The average Bonchev–Trinajstić information content (AvgIpc) is 2.84. The number of amidine groups is 1. The van der Waals surface area contributed by atoms with Crippen LogP contribution < -0.4 is 11.1 Å². The van der Waals surface area contributed by atoms with Gasteiger partial charge in [-0.05, 0) is 49.4 Å². The highest BCUT2D eigenvalue weighted by atomic mass is 16.4. The molecule has 1 amide bonds. The van der Waals surface area contributed by atoms with Crippen molar-refractivity contribution in [2.75, 3.05) is 5.32 Å². The largest absolute Gasteiger partial charge is 0.409 e. The third-order valence-electron chi connectivity index (χ3n) is 3.32. The number of carbonyl (C=O) groups is 1. The van der Waals surface area contributed by atoms with Gasteiger partial charge in [-0.15, -0.1) is 0 Å². The Labute approximate surface area is 106 Å². The molecular weight excluding hydrogens is 230 g/mol. The lowest BCUT2D eigenvalue weighted by Crippen LogP contribution is -2.32. The minimum absolute atomic E-state index is 0.0892. The number of aryl methyl sites for hydroxylation is 2. The van der Waals surface area contributed by atoms with E-state index in [0.29, 0.717) is 0 Å². The van der Waals surface area contributed by atoms with Crippen molar-refractivity contribution in [1.82, 2.24) is 0 Å². The van der Waals surface area contributed by atoms with Crippen LogP contribution in [0.15, 0.2) is 23.4 Å². The second-order valence-corrected chi connectivity index (χ2v) is 4.57. The van der Waals surface area contributed by atoms with Gasteiger partial charge in [0.2, 0.25) is 5.91 Å². The van der Waals surface area contributed by atoms with E-state index < -0.39 is 5.92 Å². The quantitative estimate of drug-likeness (QED) is 0.327. The van der Waals surface area contributed by atoms with Gasteiger partial charge in [0.25, 0.3) is 0 Å². The van der Waals surface area contributed by atoms with E-state index in [1.807, 2.05) is 18.2 Å². The van der Waals surface area contributed by atoms with Crippen LogP contribution in [0.1, 0.15) is 24.5 Å². The smallest absolute Gasteiger partial charge is 0.234 e.